The van der Waals surface area contributed by atoms with E-state index in [4.69, 9.17) is 0 Å². The predicted octanol–water partition coefficient (Wildman–Crippen LogP) is 5.37. The molecule has 0 spiro atoms. The van der Waals surface area contributed by atoms with Crippen LogP contribution in [0.5, 0.6) is 0 Å². The van der Waals surface area contributed by atoms with Gasteiger partial charge in [0.2, 0.25) is 0 Å². The van der Waals surface area contributed by atoms with Crippen molar-refractivity contribution in [3.05, 3.63) is 119 Å². The van der Waals surface area contributed by atoms with Gasteiger partial charge in [0.25, 0.3) is 20.0 Å². The van der Waals surface area contributed by atoms with Gasteiger partial charge in [-0.15, -0.1) is 0 Å². The van der Waals surface area contributed by atoms with Gasteiger partial charge < -0.3 is 5.11 Å². The van der Waals surface area contributed by atoms with Crippen molar-refractivity contribution in [2.45, 2.75) is 43.6 Å². The fraction of sp³-hybridized carbons (Fsp3) is 0.226. The number of aliphatic hydroxyl groups is 1. The van der Waals surface area contributed by atoms with Gasteiger partial charge >= 0.3 is 0 Å². The van der Waals surface area contributed by atoms with Gasteiger partial charge in [0.05, 0.1) is 40.4 Å². The average molecular weight is 579 g/mol. The van der Waals surface area contributed by atoms with Gasteiger partial charge in [0.15, 0.2) is 0 Å². The van der Waals surface area contributed by atoms with E-state index in [0.29, 0.717) is 11.4 Å². The highest BCUT2D eigenvalue weighted by Gasteiger charge is 2.31. The van der Waals surface area contributed by atoms with E-state index in [-0.39, 0.29) is 22.9 Å². The Labute approximate surface area is 237 Å². The molecule has 4 aromatic rings. The number of nitrogens with zero attached hydrogens (tertiary/aromatic N) is 2. The van der Waals surface area contributed by atoms with Gasteiger partial charge in [-0.3, -0.25) is 8.61 Å². The maximum atomic E-state index is 13.8. The molecule has 0 bridgehead atoms. The van der Waals surface area contributed by atoms with Gasteiger partial charge in [-0.25, -0.2) is 16.8 Å². The van der Waals surface area contributed by atoms with Crippen LogP contribution in [-0.4, -0.2) is 41.1 Å². The van der Waals surface area contributed by atoms with Crippen LogP contribution in [-0.2, 0) is 20.0 Å². The number of sulfonamides is 2. The molecule has 0 radical (unpaired) electrons. The first-order valence-corrected chi connectivity index (χ1v) is 15.8. The Kier molecular flexibility index (Phi) is 8.68. The lowest BCUT2D eigenvalue weighted by molar-refractivity contribution is 0.193. The molecule has 0 unspecified atom stereocenters. The van der Waals surface area contributed by atoms with Gasteiger partial charge in [-0.2, -0.15) is 0 Å². The molecule has 0 fully saturated rings. The van der Waals surface area contributed by atoms with E-state index in [1.54, 1.807) is 72.8 Å². The minimum absolute atomic E-state index is 0.0774. The molecule has 0 saturated heterocycles. The van der Waals surface area contributed by atoms with E-state index >= 15 is 0 Å². The highest BCUT2D eigenvalue weighted by atomic mass is 32.2. The number of aliphatic hydroxyl groups excluding tert-OH is 1. The minimum Gasteiger partial charge on any atom is -0.389 e. The zero-order valence-corrected chi connectivity index (χ0v) is 24.7. The summed E-state index contributed by atoms with van der Waals surface area (Å²) in [5, 5.41) is 11.3. The van der Waals surface area contributed by atoms with Crippen LogP contribution < -0.4 is 8.61 Å². The summed E-state index contributed by atoms with van der Waals surface area (Å²) < 4.78 is 57.4. The monoisotopic (exact) mass is 578 g/mol. The van der Waals surface area contributed by atoms with E-state index < -0.39 is 26.2 Å². The maximum absolute atomic E-state index is 13.8. The van der Waals surface area contributed by atoms with Crippen LogP contribution in [0.2, 0.25) is 0 Å². The van der Waals surface area contributed by atoms with Crippen LogP contribution in [0.4, 0.5) is 11.4 Å². The molecular formula is C31H34N2O5S2. The van der Waals surface area contributed by atoms with Crippen LogP contribution in [0, 0.1) is 27.7 Å². The van der Waals surface area contributed by atoms with Crippen molar-refractivity contribution in [3.8, 4) is 0 Å². The summed E-state index contributed by atoms with van der Waals surface area (Å²) in [6, 6.07) is 26.8. The molecule has 0 atom stereocenters. The second kappa shape index (κ2) is 11.8. The zero-order chi connectivity index (χ0) is 29.1. The molecule has 0 aromatic heterocycles. The summed E-state index contributed by atoms with van der Waals surface area (Å²) in [7, 11) is -8.14. The standard InChI is InChI=1S/C31H34N2O5S2/c1-23-5-13-27(14-6-23)32(39(35,36)30-17-9-25(3)10-18-30)21-29(34)22-33(28-15-7-24(2)8-16-28)40(37,38)31-19-11-26(4)12-20-31/h5-20,29,34H,21-22H2,1-4H3. The zero-order valence-electron chi connectivity index (χ0n) is 23.0. The van der Waals surface area contributed by atoms with Crippen molar-refractivity contribution in [1.82, 2.24) is 0 Å². The lowest BCUT2D eigenvalue weighted by atomic mass is 10.2. The van der Waals surface area contributed by atoms with Crippen LogP contribution in [0.15, 0.2) is 107 Å². The van der Waals surface area contributed by atoms with Crippen molar-refractivity contribution in [3.63, 3.8) is 0 Å². The summed E-state index contributed by atoms with van der Waals surface area (Å²) in [6.07, 6.45) is -1.36. The van der Waals surface area contributed by atoms with Crippen molar-refractivity contribution in [2.24, 2.45) is 0 Å². The first-order chi connectivity index (χ1) is 18.9. The SMILES string of the molecule is Cc1ccc(N(CC(O)CN(c2ccc(C)cc2)S(=O)(=O)c2ccc(C)cc2)S(=O)(=O)c2ccc(C)cc2)cc1. The topological polar surface area (TPSA) is 95.0 Å². The average Bonchev–Trinajstić information content (AvgIpc) is 2.92. The minimum atomic E-state index is -4.07. The molecule has 0 saturated carbocycles. The third-order valence-corrected chi connectivity index (χ3v) is 10.2. The Morgan fingerprint density at radius 2 is 0.750 bits per heavy atom. The molecule has 4 aromatic carbocycles. The summed E-state index contributed by atoms with van der Waals surface area (Å²) in [5.41, 5.74) is 4.47. The van der Waals surface area contributed by atoms with Gasteiger partial charge in [-0.05, 0) is 76.2 Å². The molecule has 0 aliphatic carbocycles. The van der Waals surface area contributed by atoms with Gasteiger partial charge in [0, 0.05) is 0 Å². The molecule has 0 aliphatic rings. The van der Waals surface area contributed by atoms with Gasteiger partial charge in [-0.1, -0.05) is 70.8 Å². The Morgan fingerprint density at radius 3 is 1.02 bits per heavy atom. The molecule has 40 heavy (non-hydrogen) atoms. The third-order valence-electron chi connectivity index (χ3n) is 6.62. The summed E-state index contributed by atoms with van der Waals surface area (Å²) >= 11 is 0. The van der Waals surface area contributed by atoms with E-state index in [1.165, 1.54) is 24.3 Å². The van der Waals surface area contributed by atoms with Crippen molar-refractivity contribution in [1.29, 1.82) is 0 Å². The fourth-order valence-corrected chi connectivity index (χ4v) is 7.23. The molecule has 1 N–H and O–H groups in total. The Bertz CT molecular complexity index is 1520. The molecule has 0 heterocycles. The largest absolute Gasteiger partial charge is 0.389 e. The number of rotatable bonds is 10. The maximum Gasteiger partial charge on any atom is 0.264 e. The molecule has 0 amide bonds. The molecule has 0 aliphatic heterocycles. The lowest BCUT2D eigenvalue weighted by Gasteiger charge is -2.31. The van der Waals surface area contributed by atoms with E-state index in [9.17, 15) is 21.9 Å². The highest BCUT2D eigenvalue weighted by Crippen LogP contribution is 2.28. The molecule has 9 heteroatoms. The number of hydrogen-bond donors (Lipinski definition) is 1. The van der Waals surface area contributed by atoms with Crippen LogP contribution in [0.25, 0.3) is 0 Å². The molecule has 4 rings (SSSR count). The van der Waals surface area contributed by atoms with Crippen LogP contribution in [0.1, 0.15) is 22.3 Å². The van der Waals surface area contributed by atoms with E-state index in [0.717, 1.165) is 30.9 Å². The Balaban J connectivity index is 1.72. The van der Waals surface area contributed by atoms with Crippen molar-refractivity contribution in [2.75, 3.05) is 21.7 Å². The molecule has 7 nitrogen and oxygen atoms in total. The number of hydrogen-bond acceptors (Lipinski definition) is 5. The smallest absolute Gasteiger partial charge is 0.264 e. The van der Waals surface area contributed by atoms with Crippen LogP contribution >= 0.6 is 0 Å². The van der Waals surface area contributed by atoms with Crippen LogP contribution in [0.3, 0.4) is 0 Å². The fourth-order valence-electron chi connectivity index (χ4n) is 4.22. The quantitative estimate of drug-likeness (QED) is 0.273. The normalized spacial score (nSPS) is 11.9. The van der Waals surface area contributed by atoms with Crippen molar-refractivity contribution < 1.29 is 21.9 Å². The van der Waals surface area contributed by atoms with E-state index in [2.05, 4.69) is 0 Å². The highest BCUT2D eigenvalue weighted by molar-refractivity contribution is 7.93. The van der Waals surface area contributed by atoms with Gasteiger partial charge in [0.1, 0.15) is 0 Å². The number of aryl methyl sites for hydroxylation is 4. The second-order valence-corrected chi connectivity index (χ2v) is 13.7. The summed E-state index contributed by atoms with van der Waals surface area (Å²) in [6.45, 7) is 6.81. The predicted molar refractivity (Wildman–Crippen MR) is 160 cm³/mol. The second-order valence-electron chi connectivity index (χ2n) is 10.0. The first kappa shape index (κ1) is 29.3. The number of benzene rings is 4. The summed E-state index contributed by atoms with van der Waals surface area (Å²) in [4.78, 5) is 0.155. The van der Waals surface area contributed by atoms with E-state index in [1.807, 2.05) is 27.7 Å². The third kappa shape index (κ3) is 6.55. The Morgan fingerprint density at radius 1 is 0.500 bits per heavy atom. The molecule has 210 valence electrons. The number of anilines is 2. The lowest BCUT2D eigenvalue weighted by Crippen LogP contribution is -2.44. The first-order valence-electron chi connectivity index (χ1n) is 12.9. The van der Waals surface area contributed by atoms with Crippen molar-refractivity contribution >= 4 is 31.4 Å². The molecular weight excluding hydrogens is 544 g/mol. The summed E-state index contributed by atoms with van der Waals surface area (Å²) in [5.74, 6) is 0. The Hall–Kier alpha value is -3.66.